The van der Waals surface area contributed by atoms with E-state index in [1.807, 2.05) is 34.6 Å². The topological polar surface area (TPSA) is 36.9 Å². The monoisotopic (exact) mass is 427 g/mol. The Balaban J connectivity index is 4.80. The van der Waals surface area contributed by atoms with E-state index in [-0.39, 0.29) is 5.41 Å². The zero-order valence-corrected chi connectivity index (χ0v) is 14.8. The van der Waals surface area contributed by atoms with E-state index < -0.39 is 5.97 Å². The van der Waals surface area contributed by atoms with E-state index in [1.165, 1.54) is 0 Å². The summed E-state index contributed by atoms with van der Waals surface area (Å²) in [6.45, 7) is 12.2. The molecule has 0 heterocycles. The second kappa shape index (κ2) is 7.97. The molecule has 95 valence electrons. The molecule has 0 unspecified atom stereocenters. The summed E-state index contributed by atoms with van der Waals surface area (Å²) < 4.78 is 22.5. The molecule has 16 heavy (non-hydrogen) atoms. The van der Waals surface area contributed by atoms with Gasteiger partial charge in [-0.2, -0.15) is 0 Å². The van der Waals surface area contributed by atoms with Crippen LogP contribution < -0.4 is 0 Å². The van der Waals surface area contributed by atoms with E-state index in [0.29, 0.717) is 52.6 Å². The number of ether oxygens (including phenoxy) is 3. The van der Waals surface area contributed by atoms with Crippen molar-refractivity contribution in [3.8, 4) is 0 Å². The van der Waals surface area contributed by atoms with Crippen LogP contribution >= 0.6 is 0 Å². The van der Waals surface area contributed by atoms with Crippen LogP contribution in [0.5, 0.6) is 0 Å². The van der Waals surface area contributed by atoms with Gasteiger partial charge in [0.1, 0.15) is 0 Å². The van der Waals surface area contributed by atoms with Crippen molar-refractivity contribution < 1.29 is 16.9 Å². The van der Waals surface area contributed by atoms with Crippen LogP contribution in [-0.4, -0.2) is 58.6 Å². The third-order valence-electron chi connectivity index (χ3n) is 2.30. The molecule has 0 saturated heterocycles. The Morgan fingerprint density at radius 1 is 0.938 bits per heavy atom. The number of hydrogen-bond donors (Lipinski definition) is 0. The van der Waals surface area contributed by atoms with Crippen LogP contribution in [0.3, 0.4) is 0 Å². The summed E-state index contributed by atoms with van der Waals surface area (Å²) >= 11 is 0.558. The first-order valence-electron chi connectivity index (χ1n) is 5.70. The Kier molecular flexibility index (Phi) is 8.35. The van der Waals surface area contributed by atoms with Gasteiger partial charge in [0.15, 0.2) is 0 Å². The Bertz CT molecular complexity index is 179. The fourth-order valence-corrected chi connectivity index (χ4v) is 2.99. The normalized spacial score (nSPS) is 13.1. The standard InChI is InChI=1S/C11H23O4.Pb/c1-6-13-9-10(4,5)11(12,14-7-2)15-8-3;/h6-9H2,1-5H3;/q-1;+1. The average Bonchev–Trinajstić information content (AvgIpc) is 2.25. The molecular weight excluding hydrogens is 403 g/mol. The van der Waals surface area contributed by atoms with Crippen LogP contribution in [0.25, 0.3) is 0 Å². The van der Waals surface area contributed by atoms with Gasteiger partial charge in [0.05, 0.1) is 0 Å². The molecule has 0 aliphatic carbocycles. The zero-order chi connectivity index (χ0) is 12.7. The van der Waals surface area contributed by atoms with Gasteiger partial charge < -0.3 is 0 Å². The first-order chi connectivity index (χ1) is 7.49. The van der Waals surface area contributed by atoms with Crippen LogP contribution in [0.2, 0.25) is 0 Å². The quantitative estimate of drug-likeness (QED) is 0.417. The Morgan fingerprint density at radius 2 is 1.44 bits per heavy atom. The van der Waals surface area contributed by atoms with Gasteiger partial charge in [0, 0.05) is 0 Å². The van der Waals surface area contributed by atoms with Crippen LogP contribution in [0, 0.1) is 5.41 Å². The molecule has 0 bridgehead atoms. The van der Waals surface area contributed by atoms with Gasteiger partial charge in [0.25, 0.3) is 0 Å². The molecule has 0 aromatic heterocycles. The summed E-state index contributed by atoms with van der Waals surface area (Å²) in [5.74, 6) is -0.974. The van der Waals surface area contributed by atoms with E-state index in [1.54, 1.807) is 0 Å². The van der Waals surface area contributed by atoms with Gasteiger partial charge in [-0.3, -0.25) is 0 Å². The molecule has 0 aromatic carbocycles. The molecule has 0 aliphatic heterocycles. The van der Waals surface area contributed by atoms with Crippen molar-refractivity contribution in [3.05, 3.63) is 0 Å². The molecule has 0 spiro atoms. The van der Waals surface area contributed by atoms with Gasteiger partial charge in [0.2, 0.25) is 0 Å². The second-order valence-corrected chi connectivity index (χ2v) is 4.84. The predicted molar refractivity (Wildman–Crippen MR) is 63.1 cm³/mol. The molecule has 0 amide bonds. The molecular formula is C11H23O4Pb. The summed E-state index contributed by atoms with van der Waals surface area (Å²) in [6.07, 6.45) is 0. The molecule has 0 aromatic rings. The minimum absolute atomic E-state index is 0.337. The first-order valence-corrected chi connectivity index (χ1v) is 7.28. The Morgan fingerprint density at radius 3 is 1.75 bits per heavy atom. The molecule has 0 aliphatic rings. The molecule has 0 saturated carbocycles. The molecule has 4 nitrogen and oxygen atoms in total. The van der Waals surface area contributed by atoms with Crippen molar-refractivity contribution in [2.24, 2.45) is 5.41 Å². The van der Waals surface area contributed by atoms with E-state index in [9.17, 15) is 0 Å². The van der Waals surface area contributed by atoms with Crippen LogP contribution in [-0.2, 0) is 16.9 Å². The minimum atomic E-state index is -0.974. The zero-order valence-electron chi connectivity index (χ0n) is 11.0. The van der Waals surface area contributed by atoms with E-state index in [0.717, 1.165) is 0 Å². The van der Waals surface area contributed by atoms with Gasteiger partial charge in [-0.25, -0.2) is 0 Å². The maximum absolute atomic E-state index is 5.69. The van der Waals surface area contributed by atoms with Crippen molar-refractivity contribution in [2.75, 3.05) is 26.4 Å². The van der Waals surface area contributed by atoms with Gasteiger partial charge in [-0.05, 0) is 0 Å². The number of rotatable bonds is 9. The first kappa shape index (κ1) is 16.8. The van der Waals surface area contributed by atoms with Crippen molar-refractivity contribution in [2.45, 2.75) is 40.6 Å². The third kappa shape index (κ3) is 4.21. The van der Waals surface area contributed by atoms with Crippen molar-refractivity contribution in [3.63, 3.8) is 0 Å². The van der Waals surface area contributed by atoms with Crippen molar-refractivity contribution in [1.82, 2.24) is 0 Å². The molecule has 0 rings (SSSR count). The number of hydrogen-bond acceptors (Lipinski definition) is 4. The summed E-state index contributed by atoms with van der Waals surface area (Å²) in [4.78, 5) is 0. The SMILES string of the molecule is CCOCC(C)(C)C([O][Pb])(OCC)OCC. The second-order valence-electron chi connectivity index (χ2n) is 4.05. The van der Waals surface area contributed by atoms with E-state index >= 15 is 0 Å². The predicted octanol–water partition coefficient (Wildman–Crippen LogP) is 1.88. The maximum atomic E-state index is 5.69. The Hall–Kier alpha value is 0.762. The fourth-order valence-electron chi connectivity index (χ4n) is 1.46. The van der Waals surface area contributed by atoms with Gasteiger partial charge in [-0.1, -0.05) is 0 Å². The third-order valence-corrected chi connectivity index (χ3v) is 3.34. The average molecular weight is 427 g/mol. The van der Waals surface area contributed by atoms with Crippen LogP contribution in [0.15, 0.2) is 0 Å². The van der Waals surface area contributed by atoms with E-state index in [4.69, 9.17) is 16.9 Å². The summed E-state index contributed by atoms with van der Waals surface area (Å²) in [6, 6.07) is 0. The molecule has 0 N–H and O–H groups in total. The summed E-state index contributed by atoms with van der Waals surface area (Å²) in [7, 11) is 0. The van der Waals surface area contributed by atoms with Gasteiger partial charge >= 0.3 is 116 Å². The summed E-state index contributed by atoms with van der Waals surface area (Å²) in [5.41, 5.74) is -0.337. The molecule has 0 fully saturated rings. The molecule has 3 radical (unpaired) electrons. The van der Waals surface area contributed by atoms with Crippen LogP contribution in [0.4, 0.5) is 0 Å². The van der Waals surface area contributed by atoms with Gasteiger partial charge in [-0.15, -0.1) is 0 Å². The van der Waals surface area contributed by atoms with Crippen molar-refractivity contribution >= 4 is 26.2 Å². The molecule has 0 atom stereocenters. The van der Waals surface area contributed by atoms with Crippen LogP contribution in [0.1, 0.15) is 34.6 Å². The Labute approximate surface area is 115 Å². The fraction of sp³-hybridized carbons (Fsp3) is 1.00. The summed E-state index contributed by atoms with van der Waals surface area (Å²) in [5, 5.41) is 0. The molecule has 5 heteroatoms. The van der Waals surface area contributed by atoms with Crippen molar-refractivity contribution in [1.29, 1.82) is 0 Å². The van der Waals surface area contributed by atoms with E-state index in [2.05, 4.69) is 0 Å².